The SMILES string of the molecule is O=C(c1cccs1)c1cccn1C1CCNCC1. The molecule has 0 unspecified atom stereocenters. The molecule has 3 heterocycles. The van der Waals surface area contributed by atoms with Crippen molar-refractivity contribution < 1.29 is 4.79 Å². The second kappa shape index (κ2) is 5.08. The summed E-state index contributed by atoms with van der Waals surface area (Å²) >= 11 is 1.51. The lowest BCUT2D eigenvalue weighted by Crippen LogP contribution is -2.30. The molecule has 1 aliphatic heterocycles. The number of ketones is 1. The van der Waals surface area contributed by atoms with Crippen LogP contribution in [0.1, 0.15) is 34.2 Å². The molecule has 3 rings (SSSR count). The first-order chi connectivity index (χ1) is 8.86. The number of rotatable bonds is 3. The topological polar surface area (TPSA) is 34.0 Å². The lowest BCUT2D eigenvalue weighted by atomic mass is 10.1. The normalized spacial score (nSPS) is 16.9. The maximum Gasteiger partial charge on any atom is 0.219 e. The smallest absolute Gasteiger partial charge is 0.219 e. The van der Waals surface area contributed by atoms with Crippen LogP contribution in [-0.4, -0.2) is 23.4 Å². The van der Waals surface area contributed by atoms with Crippen molar-refractivity contribution in [3.8, 4) is 0 Å². The molecule has 0 bridgehead atoms. The van der Waals surface area contributed by atoms with Crippen LogP contribution in [0.3, 0.4) is 0 Å². The van der Waals surface area contributed by atoms with Gasteiger partial charge in [-0.1, -0.05) is 6.07 Å². The molecule has 18 heavy (non-hydrogen) atoms. The van der Waals surface area contributed by atoms with Gasteiger partial charge in [-0.3, -0.25) is 4.79 Å². The van der Waals surface area contributed by atoms with Gasteiger partial charge in [0.15, 0.2) is 0 Å². The highest BCUT2D eigenvalue weighted by molar-refractivity contribution is 7.12. The Kier molecular flexibility index (Phi) is 3.30. The summed E-state index contributed by atoms with van der Waals surface area (Å²) in [5.41, 5.74) is 0.823. The maximum absolute atomic E-state index is 12.4. The molecule has 0 saturated carbocycles. The summed E-state index contributed by atoms with van der Waals surface area (Å²) in [5, 5.41) is 5.31. The largest absolute Gasteiger partial charge is 0.342 e. The van der Waals surface area contributed by atoms with Crippen molar-refractivity contribution in [2.75, 3.05) is 13.1 Å². The summed E-state index contributed by atoms with van der Waals surface area (Å²) < 4.78 is 2.16. The molecule has 0 aromatic carbocycles. The van der Waals surface area contributed by atoms with E-state index in [2.05, 4.69) is 9.88 Å². The van der Waals surface area contributed by atoms with Crippen molar-refractivity contribution in [2.24, 2.45) is 0 Å². The van der Waals surface area contributed by atoms with E-state index >= 15 is 0 Å². The van der Waals surface area contributed by atoms with Gasteiger partial charge in [-0.15, -0.1) is 11.3 Å². The van der Waals surface area contributed by atoms with Gasteiger partial charge in [-0.25, -0.2) is 0 Å². The average Bonchev–Trinajstić information content (AvgIpc) is 3.10. The number of hydrogen-bond acceptors (Lipinski definition) is 3. The second-order valence-electron chi connectivity index (χ2n) is 4.59. The third-order valence-corrected chi connectivity index (χ3v) is 4.33. The number of carbonyl (C=O) groups is 1. The van der Waals surface area contributed by atoms with Crippen LogP contribution in [0.25, 0.3) is 0 Å². The Bertz CT molecular complexity index is 524. The molecule has 2 aromatic heterocycles. The number of hydrogen-bond donors (Lipinski definition) is 1. The quantitative estimate of drug-likeness (QED) is 0.861. The van der Waals surface area contributed by atoms with Gasteiger partial charge in [0, 0.05) is 12.2 Å². The van der Waals surface area contributed by atoms with Gasteiger partial charge in [0.2, 0.25) is 5.78 Å². The van der Waals surface area contributed by atoms with Crippen LogP contribution < -0.4 is 5.32 Å². The number of aromatic nitrogens is 1. The Morgan fingerprint density at radius 3 is 2.83 bits per heavy atom. The van der Waals surface area contributed by atoms with E-state index in [9.17, 15) is 4.79 Å². The monoisotopic (exact) mass is 260 g/mol. The molecule has 94 valence electrons. The number of carbonyl (C=O) groups excluding carboxylic acids is 1. The van der Waals surface area contributed by atoms with Gasteiger partial charge >= 0.3 is 0 Å². The van der Waals surface area contributed by atoms with Gasteiger partial charge in [0.05, 0.1) is 10.6 Å². The van der Waals surface area contributed by atoms with E-state index in [1.54, 1.807) is 0 Å². The van der Waals surface area contributed by atoms with Crippen molar-refractivity contribution in [1.29, 1.82) is 0 Å². The van der Waals surface area contributed by atoms with Crippen molar-refractivity contribution in [3.63, 3.8) is 0 Å². The Balaban J connectivity index is 1.89. The summed E-state index contributed by atoms with van der Waals surface area (Å²) in [6.07, 6.45) is 4.23. The zero-order valence-corrected chi connectivity index (χ0v) is 11.0. The molecule has 1 saturated heterocycles. The van der Waals surface area contributed by atoms with Crippen LogP contribution in [0, 0.1) is 0 Å². The molecule has 0 spiro atoms. The zero-order valence-electron chi connectivity index (χ0n) is 10.1. The summed E-state index contributed by atoms with van der Waals surface area (Å²) in [4.78, 5) is 13.2. The fraction of sp³-hybridized carbons (Fsp3) is 0.357. The predicted molar refractivity (Wildman–Crippen MR) is 73.3 cm³/mol. The maximum atomic E-state index is 12.4. The first-order valence-electron chi connectivity index (χ1n) is 6.32. The van der Waals surface area contributed by atoms with Crippen molar-refractivity contribution >= 4 is 17.1 Å². The van der Waals surface area contributed by atoms with Crippen LogP contribution in [0.2, 0.25) is 0 Å². The molecule has 2 aromatic rings. The van der Waals surface area contributed by atoms with E-state index in [0.717, 1.165) is 36.5 Å². The van der Waals surface area contributed by atoms with Crippen LogP contribution in [0.5, 0.6) is 0 Å². The molecule has 1 N–H and O–H groups in total. The van der Waals surface area contributed by atoms with E-state index in [0.29, 0.717) is 6.04 Å². The van der Waals surface area contributed by atoms with Crippen molar-refractivity contribution in [3.05, 3.63) is 46.4 Å². The number of nitrogens with zero attached hydrogens (tertiary/aromatic N) is 1. The number of thiophene rings is 1. The summed E-state index contributed by atoms with van der Waals surface area (Å²) in [6.45, 7) is 2.07. The molecule has 0 radical (unpaired) electrons. The fourth-order valence-corrected chi connectivity index (χ4v) is 3.20. The van der Waals surface area contributed by atoms with Crippen LogP contribution in [-0.2, 0) is 0 Å². The molecule has 0 atom stereocenters. The zero-order chi connectivity index (χ0) is 12.4. The Morgan fingerprint density at radius 2 is 2.11 bits per heavy atom. The molecular formula is C14H16N2OS. The summed E-state index contributed by atoms with van der Waals surface area (Å²) in [6, 6.07) is 8.19. The van der Waals surface area contributed by atoms with E-state index in [4.69, 9.17) is 0 Å². The minimum Gasteiger partial charge on any atom is -0.342 e. The van der Waals surface area contributed by atoms with Crippen LogP contribution in [0.4, 0.5) is 0 Å². The van der Waals surface area contributed by atoms with Gasteiger partial charge in [-0.05, 0) is 49.5 Å². The summed E-state index contributed by atoms with van der Waals surface area (Å²) in [7, 11) is 0. The van der Waals surface area contributed by atoms with Crippen molar-refractivity contribution in [2.45, 2.75) is 18.9 Å². The second-order valence-corrected chi connectivity index (χ2v) is 5.54. The van der Waals surface area contributed by atoms with Gasteiger partial charge in [0.1, 0.15) is 0 Å². The minimum absolute atomic E-state index is 0.147. The van der Waals surface area contributed by atoms with E-state index < -0.39 is 0 Å². The first kappa shape index (κ1) is 11.7. The van der Waals surface area contributed by atoms with Crippen molar-refractivity contribution in [1.82, 2.24) is 9.88 Å². The van der Waals surface area contributed by atoms with Gasteiger partial charge < -0.3 is 9.88 Å². The highest BCUT2D eigenvalue weighted by atomic mass is 32.1. The van der Waals surface area contributed by atoms with E-state index in [-0.39, 0.29) is 5.78 Å². The molecule has 1 aliphatic rings. The average molecular weight is 260 g/mol. The Labute approximate surface area is 110 Å². The molecule has 0 amide bonds. The third-order valence-electron chi connectivity index (χ3n) is 3.46. The fourth-order valence-electron chi connectivity index (χ4n) is 2.52. The standard InChI is InChI=1S/C14H16N2OS/c17-14(13-4-2-10-18-13)12-3-1-9-16(12)11-5-7-15-8-6-11/h1-4,9-11,15H,5-8H2. The highest BCUT2D eigenvalue weighted by Gasteiger charge is 2.20. The highest BCUT2D eigenvalue weighted by Crippen LogP contribution is 2.23. The molecule has 1 fully saturated rings. The number of piperidine rings is 1. The first-order valence-corrected chi connectivity index (χ1v) is 7.20. The molecule has 4 heteroatoms. The predicted octanol–water partition coefficient (Wildman–Crippen LogP) is 2.71. The third kappa shape index (κ3) is 2.13. The lowest BCUT2D eigenvalue weighted by molar-refractivity contribution is 0.103. The molecule has 3 nitrogen and oxygen atoms in total. The lowest BCUT2D eigenvalue weighted by Gasteiger charge is -2.25. The van der Waals surface area contributed by atoms with Crippen LogP contribution in [0.15, 0.2) is 35.8 Å². The summed E-state index contributed by atoms with van der Waals surface area (Å²) in [5.74, 6) is 0.147. The molecular weight excluding hydrogens is 244 g/mol. The van der Waals surface area contributed by atoms with Gasteiger partial charge in [0.25, 0.3) is 0 Å². The Hall–Kier alpha value is -1.39. The van der Waals surface area contributed by atoms with Gasteiger partial charge in [-0.2, -0.15) is 0 Å². The van der Waals surface area contributed by atoms with E-state index in [1.807, 2.05) is 35.8 Å². The minimum atomic E-state index is 0.147. The molecule has 0 aliphatic carbocycles. The number of nitrogens with one attached hydrogen (secondary N) is 1. The Morgan fingerprint density at radius 1 is 1.28 bits per heavy atom. The van der Waals surface area contributed by atoms with E-state index in [1.165, 1.54) is 11.3 Å². The van der Waals surface area contributed by atoms with Crippen LogP contribution >= 0.6 is 11.3 Å².